The van der Waals surface area contributed by atoms with E-state index in [1.807, 2.05) is 35.8 Å². The Morgan fingerprint density at radius 1 is 1.05 bits per heavy atom. The molecular weight excluding hydrogens is 290 g/mol. The van der Waals surface area contributed by atoms with Gasteiger partial charge in [0.1, 0.15) is 0 Å². The Hall–Kier alpha value is -2.37. The number of hydrogen-bond donors (Lipinski definition) is 3. The molecule has 2 aromatic rings. The van der Waals surface area contributed by atoms with Crippen LogP contribution in [0.25, 0.3) is 0 Å². The van der Waals surface area contributed by atoms with Gasteiger partial charge in [0.15, 0.2) is 11.5 Å². The number of oxime groups is 1. The first-order chi connectivity index (χ1) is 10.2. The number of hydroxylamine groups is 1. The zero-order valence-electron chi connectivity index (χ0n) is 11.1. The van der Waals surface area contributed by atoms with Gasteiger partial charge in [0.25, 0.3) is 0 Å². The van der Waals surface area contributed by atoms with E-state index in [-0.39, 0.29) is 11.5 Å². The maximum atomic E-state index is 9.22. The Morgan fingerprint density at radius 2 is 1.71 bits per heavy atom. The molecule has 0 saturated carbocycles. The molecule has 0 aliphatic rings. The van der Waals surface area contributed by atoms with Gasteiger partial charge in [0, 0.05) is 10.6 Å². The van der Waals surface area contributed by atoms with E-state index in [4.69, 9.17) is 11.6 Å². The minimum absolute atomic E-state index is 0.0728. The third-order valence-electron chi connectivity index (χ3n) is 2.81. The highest BCUT2D eigenvalue weighted by atomic mass is 35.5. The molecule has 0 spiro atoms. The van der Waals surface area contributed by atoms with Crippen LogP contribution in [0.2, 0.25) is 5.02 Å². The number of nitrogens with one attached hydrogen (secondary N) is 1. The van der Waals surface area contributed by atoms with Crippen molar-refractivity contribution in [3.05, 3.63) is 70.7 Å². The molecule has 5 nitrogen and oxygen atoms in total. The van der Waals surface area contributed by atoms with Crippen LogP contribution in [0.4, 0.5) is 0 Å². The van der Waals surface area contributed by atoms with E-state index in [2.05, 4.69) is 10.1 Å². The zero-order valence-corrected chi connectivity index (χ0v) is 11.8. The zero-order chi connectivity index (χ0) is 15.1. The van der Waals surface area contributed by atoms with Gasteiger partial charge < -0.3 is 5.21 Å². The molecule has 0 radical (unpaired) electrons. The second kappa shape index (κ2) is 7.42. The highest BCUT2D eigenvalue weighted by Gasteiger charge is 2.12. The van der Waals surface area contributed by atoms with E-state index in [1.54, 1.807) is 24.3 Å². The van der Waals surface area contributed by atoms with Crippen LogP contribution in [0.1, 0.15) is 11.1 Å². The molecule has 0 unspecified atom stereocenters. The minimum atomic E-state index is 0.0728. The molecule has 0 aliphatic carbocycles. The lowest BCUT2D eigenvalue weighted by Crippen LogP contribution is -2.29. The first-order valence-electron chi connectivity index (χ1n) is 6.21. The molecule has 0 heterocycles. The molecule has 3 N–H and O–H groups in total. The molecule has 0 atom stereocenters. The van der Waals surface area contributed by atoms with E-state index in [1.165, 1.54) is 0 Å². The summed E-state index contributed by atoms with van der Waals surface area (Å²) < 4.78 is 0. The maximum absolute atomic E-state index is 9.22. The molecule has 0 aliphatic heterocycles. The van der Waals surface area contributed by atoms with Crippen molar-refractivity contribution in [1.82, 2.24) is 5.48 Å². The number of benzene rings is 2. The van der Waals surface area contributed by atoms with E-state index in [0.29, 0.717) is 17.1 Å². The summed E-state index contributed by atoms with van der Waals surface area (Å²) in [5, 5.41) is 22.2. The molecule has 0 saturated heterocycles. The van der Waals surface area contributed by atoms with Gasteiger partial charge in [-0.2, -0.15) is 0 Å². The van der Waals surface area contributed by atoms with Crippen LogP contribution in [0.3, 0.4) is 0 Å². The summed E-state index contributed by atoms with van der Waals surface area (Å²) in [6.45, 7) is 0.344. The molecule has 108 valence electrons. The van der Waals surface area contributed by atoms with E-state index < -0.39 is 0 Å². The predicted octanol–water partition coefficient (Wildman–Crippen LogP) is 3.10. The average molecular weight is 304 g/mol. The van der Waals surface area contributed by atoms with Crippen LogP contribution in [0.5, 0.6) is 0 Å². The predicted molar refractivity (Wildman–Crippen MR) is 82.3 cm³/mol. The molecule has 21 heavy (non-hydrogen) atoms. The number of rotatable bonds is 4. The Morgan fingerprint density at radius 3 is 2.29 bits per heavy atom. The summed E-state index contributed by atoms with van der Waals surface area (Å²) in [7, 11) is 0. The summed E-state index contributed by atoms with van der Waals surface area (Å²) in [6.07, 6.45) is 0. The lowest BCUT2D eigenvalue weighted by molar-refractivity contribution is 0.235. The van der Waals surface area contributed by atoms with Gasteiger partial charge in [-0.15, -0.1) is 0 Å². The lowest BCUT2D eigenvalue weighted by atomic mass is 10.1. The fourth-order valence-corrected chi connectivity index (χ4v) is 1.89. The fourth-order valence-electron chi connectivity index (χ4n) is 1.77. The molecule has 6 heteroatoms. The Balaban J connectivity index is 2.24. The second-order valence-corrected chi connectivity index (χ2v) is 4.65. The van der Waals surface area contributed by atoms with E-state index in [0.717, 1.165) is 5.56 Å². The molecule has 0 amide bonds. The number of nitrogens with zero attached hydrogens (tertiary/aromatic N) is 2. The lowest BCUT2D eigenvalue weighted by Gasteiger charge is -2.07. The van der Waals surface area contributed by atoms with Crippen molar-refractivity contribution in [2.24, 2.45) is 10.1 Å². The minimum Gasteiger partial charge on any atom is -0.410 e. The van der Waals surface area contributed by atoms with Gasteiger partial charge in [0.2, 0.25) is 0 Å². The largest absolute Gasteiger partial charge is 0.410 e. The van der Waals surface area contributed by atoms with E-state index >= 15 is 0 Å². The van der Waals surface area contributed by atoms with Crippen LogP contribution in [0, 0.1) is 0 Å². The summed E-state index contributed by atoms with van der Waals surface area (Å²) in [5.41, 5.74) is 3.64. The number of halogens is 1. The normalized spacial score (nSPS) is 12.3. The molecular formula is C15H14ClN3O2. The molecule has 2 aromatic carbocycles. The smallest absolute Gasteiger partial charge is 0.175 e. The third-order valence-corrected chi connectivity index (χ3v) is 3.06. The third kappa shape index (κ3) is 4.05. The van der Waals surface area contributed by atoms with Crippen LogP contribution in [0.15, 0.2) is 64.7 Å². The number of amidine groups is 1. The Labute approximate surface area is 127 Å². The first-order valence-corrected chi connectivity index (χ1v) is 6.59. The quantitative estimate of drug-likeness (QED) is 0.351. The molecule has 0 fully saturated rings. The van der Waals surface area contributed by atoms with Crippen molar-refractivity contribution in [2.45, 2.75) is 6.54 Å². The highest BCUT2D eigenvalue weighted by molar-refractivity contribution is 6.47. The van der Waals surface area contributed by atoms with Crippen molar-refractivity contribution in [1.29, 1.82) is 0 Å². The van der Waals surface area contributed by atoms with Crippen molar-refractivity contribution >= 4 is 23.1 Å². The molecule has 2 rings (SSSR count). The van der Waals surface area contributed by atoms with Gasteiger partial charge in [-0.25, -0.2) is 0 Å². The van der Waals surface area contributed by atoms with Crippen molar-refractivity contribution in [2.75, 3.05) is 0 Å². The van der Waals surface area contributed by atoms with Crippen molar-refractivity contribution in [3.63, 3.8) is 0 Å². The topological polar surface area (TPSA) is 77.2 Å². The second-order valence-electron chi connectivity index (χ2n) is 4.22. The summed E-state index contributed by atoms with van der Waals surface area (Å²) >= 11 is 5.82. The summed E-state index contributed by atoms with van der Waals surface area (Å²) in [6, 6.07) is 16.2. The monoisotopic (exact) mass is 303 g/mol. The molecule has 0 bridgehead atoms. The van der Waals surface area contributed by atoms with Crippen LogP contribution in [-0.4, -0.2) is 22.0 Å². The number of hydrogen-bond acceptors (Lipinski definition) is 4. The van der Waals surface area contributed by atoms with Crippen molar-refractivity contribution < 1.29 is 10.4 Å². The van der Waals surface area contributed by atoms with Gasteiger partial charge in [-0.1, -0.05) is 59.2 Å². The molecule has 0 aromatic heterocycles. The standard InChI is InChI=1S/C15H14ClN3O2/c16-13-8-6-12(7-9-13)14(18-20)15(19-21)17-10-11-4-2-1-3-5-11/h1-9,20-21H,10H2,(H,17,19). The van der Waals surface area contributed by atoms with Gasteiger partial charge in [-0.3, -0.25) is 15.7 Å². The SMILES string of the molecule is ON=C(C(=NCc1ccccc1)NO)c1ccc(Cl)cc1. The first kappa shape index (κ1) is 15.0. The van der Waals surface area contributed by atoms with Gasteiger partial charge in [-0.05, 0) is 17.7 Å². The number of aliphatic imine (C=N–C) groups is 1. The summed E-state index contributed by atoms with van der Waals surface area (Å²) in [4.78, 5) is 4.21. The van der Waals surface area contributed by atoms with Gasteiger partial charge >= 0.3 is 0 Å². The Bertz CT molecular complexity index is 640. The highest BCUT2D eigenvalue weighted by Crippen LogP contribution is 2.11. The van der Waals surface area contributed by atoms with Gasteiger partial charge in [0.05, 0.1) is 6.54 Å². The fraction of sp³-hybridized carbons (Fsp3) is 0.0667. The van der Waals surface area contributed by atoms with Crippen LogP contribution < -0.4 is 5.48 Å². The van der Waals surface area contributed by atoms with Crippen LogP contribution in [-0.2, 0) is 6.54 Å². The van der Waals surface area contributed by atoms with E-state index in [9.17, 15) is 10.4 Å². The van der Waals surface area contributed by atoms with Crippen LogP contribution >= 0.6 is 11.6 Å². The Kier molecular flexibility index (Phi) is 5.31. The summed E-state index contributed by atoms with van der Waals surface area (Å²) in [5.74, 6) is 0.0728. The average Bonchev–Trinajstić information content (AvgIpc) is 2.53. The van der Waals surface area contributed by atoms with Crippen molar-refractivity contribution in [3.8, 4) is 0 Å². The maximum Gasteiger partial charge on any atom is 0.175 e.